The van der Waals surface area contributed by atoms with Gasteiger partial charge in [0.25, 0.3) is 0 Å². The molecule has 198 valence electrons. The highest BCUT2D eigenvalue weighted by atomic mass is 32.1. The van der Waals surface area contributed by atoms with Crippen molar-refractivity contribution in [3.05, 3.63) is 52.7 Å². The van der Waals surface area contributed by atoms with Gasteiger partial charge in [0, 0.05) is 43.7 Å². The second-order valence-corrected chi connectivity index (χ2v) is 9.73. The zero-order valence-corrected chi connectivity index (χ0v) is 21.7. The number of carbonyl (C=O) groups excluding carboxylic acids is 1. The molecule has 1 saturated heterocycles. The number of hydrogen-bond donors (Lipinski definition) is 3. The van der Waals surface area contributed by atoms with E-state index in [1.165, 1.54) is 4.88 Å². The Morgan fingerprint density at radius 1 is 1.11 bits per heavy atom. The minimum Gasteiger partial charge on any atom is -0.481 e. The van der Waals surface area contributed by atoms with Crippen LogP contribution < -0.4 is 4.90 Å². The van der Waals surface area contributed by atoms with Crippen molar-refractivity contribution < 1.29 is 34.4 Å². The summed E-state index contributed by atoms with van der Waals surface area (Å²) in [5.41, 5.74) is 0.719. The lowest BCUT2D eigenvalue weighted by atomic mass is 9.85. The Bertz CT molecular complexity index is 944. The fourth-order valence-electron chi connectivity index (χ4n) is 4.29. The van der Waals surface area contributed by atoms with Crippen LogP contribution in [0, 0.1) is 0 Å². The molecule has 1 amide bonds. The summed E-state index contributed by atoms with van der Waals surface area (Å²) >= 11 is 1.83. The third-order valence-corrected chi connectivity index (χ3v) is 7.08. The topological polar surface area (TPSA) is 128 Å². The Morgan fingerprint density at radius 3 is 2.25 bits per heavy atom. The van der Waals surface area contributed by atoms with Gasteiger partial charge in [0.1, 0.15) is 0 Å². The minimum absolute atomic E-state index is 0.172. The summed E-state index contributed by atoms with van der Waals surface area (Å²) in [6, 6.07) is 14.4. The standard InChI is InChI=1S/C22H30N2O2S.C4H6O5/c1-3-21(25)24(19-8-5-4-6-9-19)22(18-26-2)12-15-23(16-13-22)14-11-20-10-7-17-27-20;5-2(4(8)9)1-3(6)7/h4-10,17H,3,11-16,18H2,1-2H3;2,5H,1H2,(H,6,7)(H,8,9). The van der Waals surface area contributed by atoms with Gasteiger partial charge in [-0.25, -0.2) is 4.79 Å². The smallest absolute Gasteiger partial charge is 0.333 e. The number of carboxylic acid groups (broad SMARTS) is 2. The number of methoxy groups -OCH3 is 1. The van der Waals surface area contributed by atoms with Crippen LogP contribution in [0.15, 0.2) is 47.8 Å². The van der Waals surface area contributed by atoms with Gasteiger partial charge in [0.2, 0.25) is 5.91 Å². The first-order chi connectivity index (χ1) is 17.2. The fourth-order valence-corrected chi connectivity index (χ4v) is 4.99. The van der Waals surface area contributed by atoms with E-state index in [2.05, 4.69) is 22.4 Å². The second kappa shape index (κ2) is 14.7. The molecule has 0 aliphatic carbocycles. The molecule has 0 saturated carbocycles. The summed E-state index contributed by atoms with van der Waals surface area (Å²) in [5.74, 6) is -2.67. The second-order valence-electron chi connectivity index (χ2n) is 8.70. The molecule has 1 unspecified atom stereocenters. The number of thiophene rings is 1. The molecule has 10 heteroatoms. The predicted molar refractivity (Wildman–Crippen MR) is 138 cm³/mol. The van der Waals surface area contributed by atoms with Crippen LogP contribution in [0.3, 0.4) is 0 Å². The summed E-state index contributed by atoms with van der Waals surface area (Å²) in [4.78, 5) is 38.3. The van der Waals surface area contributed by atoms with E-state index < -0.39 is 24.5 Å². The van der Waals surface area contributed by atoms with E-state index in [9.17, 15) is 14.4 Å². The molecule has 0 bridgehead atoms. The number of likely N-dealkylation sites (tertiary alicyclic amines) is 1. The first kappa shape index (κ1) is 29.4. The molecule has 1 aliphatic heterocycles. The van der Waals surface area contributed by atoms with Crippen LogP contribution in [-0.4, -0.2) is 83.1 Å². The van der Waals surface area contributed by atoms with Gasteiger partial charge in [-0.15, -0.1) is 11.3 Å². The average Bonchev–Trinajstić information content (AvgIpc) is 3.38. The number of aliphatic carboxylic acids is 2. The molecular formula is C26H36N2O7S. The van der Waals surface area contributed by atoms with Crippen molar-refractivity contribution in [3.63, 3.8) is 0 Å². The van der Waals surface area contributed by atoms with Gasteiger partial charge in [-0.1, -0.05) is 31.2 Å². The minimum atomic E-state index is -1.79. The Labute approximate surface area is 215 Å². The van der Waals surface area contributed by atoms with Gasteiger partial charge >= 0.3 is 11.9 Å². The number of piperidine rings is 1. The highest BCUT2D eigenvalue weighted by molar-refractivity contribution is 7.09. The lowest BCUT2D eigenvalue weighted by Gasteiger charge is -2.48. The van der Waals surface area contributed by atoms with Crippen LogP contribution in [0.5, 0.6) is 0 Å². The zero-order chi connectivity index (χ0) is 26.6. The van der Waals surface area contributed by atoms with Gasteiger partial charge in [-0.3, -0.25) is 9.59 Å². The molecule has 9 nitrogen and oxygen atoms in total. The fraction of sp³-hybridized carbons (Fsp3) is 0.500. The first-order valence-electron chi connectivity index (χ1n) is 12.0. The number of nitrogens with zero attached hydrogens (tertiary/aromatic N) is 2. The summed E-state index contributed by atoms with van der Waals surface area (Å²) in [7, 11) is 1.74. The zero-order valence-electron chi connectivity index (χ0n) is 20.8. The van der Waals surface area contributed by atoms with Gasteiger partial charge in [-0.05, 0) is 42.8 Å². The quantitative estimate of drug-likeness (QED) is 0.412. The molecule has 1 aromatic carbocycles. The van der Waals surface area contributed by atoms with E-state index >= 15 is 0 Å². The van der Waals surface area contributed by atoms with Gasteiger partial charge in [0.05, 0.1) is 18.6 Å². The molecule has 36 heavy (non-hydrogen) atoms. The molecular weight excluding hydrogens is 484 g/mol. The van der Waals surface area contributed by atoms with Gasteiger partial charge in [-0.2, -0.15) is 0 Å². The lowest BCUT2D eigenvalue weighted by molar-refractivity contribution is -0.152. The van der Waals surface area contributed by atoms with Crippen LogP contribution in [0.2, 0.25) is 0 Å². The summed E-state index contributed by atoms with van der Waals surface area (Å²) in [5, 5.41) is 26.3. The molecule has 0 radical (unpaired) electrons. The maximum atomic E-state index is 12.9. The Hall–Kier alpha value is -2.79. The largest absolute Gasteiger partial charge is 0.481 e. The lowest BCUT2D eigenvalue weighted by Crippen LogP contribution is -2.60. The monoisotopic (exact) mass is 520 g/mol. The maximum absolute atomic E-state index is 12.9. The maximum Gasteiger partial charge on any atom is 0.333 e. The van der Waals surface area contributed by atoms with Crippen molar-refractivity contribution >= 4 is 34.9 Å². The van der Waals surface area contributed by atoms with Crippen molar-refractivity contribution in [1.29, 1.82) is 0 Å². The highest BCUT2D eigenvalue weighted by Crippen LogP contribution is 2.34. The number of aliphatic hydroxyl groups is 1. The van der Waals surface area contributed by atoms with Crippen LogP contribution in [-0.2, 0) is 25.5 Å². The summed E-state index contributed by atoms with van der Waals surface area (Å²) in [6.45, 7) is 5.59. The molecule has 1 atom stereocenters. The van der Waals surface area contributed by atoms with Crippen LogP contribution in [0.25, 0.3) is 0 Å². The number of rotatable bonds is 11. The van der Waals surface area contributed by atoms with E-state index in [0.717, 1.165) is 44.6 Å². The van der Waals surface area contributed by atoms with Crippen LogP contribution in [0.1, 0.15) is 37.5 Å². The number of anilines is 1. The number of para-hydroxylation sites is 1. The first-order valence-corrected chi connectivity index (χ1v) is 12.8. The Morgan fingerprint density at radius 2 is 1.78 bits per heavy atom. The van der Waals surface area contributed by atoms with E-state index in [4.69, 9.17) is 20.1 Å². The number of carbonyl (C=O) groups is 3. The number of amides is 1. The van der Waals surface area contributed by atoms with Crippen LogP contribution >= 0.6 is 11.3 Å². The Balaban J connectivity index is 0.000000434. The molecule has 1 fully saturated rings. The third-order valence-electron chi connectivity index (χ3n) is 6.15. The van der Waals surface area contributed by atoms with E-state index in [1.54, 1.807) is 7.11 Å². The number of ether oxygens (including phenoxy) is 1. The van der Waals surface area contributed by atoms with Gasteiger partial charge < -0.3 is 29.9 Å². The predicted octanol–water partition coefficient (Wildman–Crippen LogP) is 3.12. The highest BCUT2D eigenvalue weighted by Gasteiger charge is 2.42. The van der Waals surface area contributed by atoms with E-state index in [0.29, 0.717) is 13.0 Å². The number of aliphatic hydroxyl groups excluding tert-OH is 1. The molecule has 3 rings (SSSR count). The number of carboxylic acids is 2. The van der Waals surface area contributed by atoms with Crippen molar-refractivity contribution in [2.75, 3.05) is 38.3 Å². The average molecular weight is 521 g/mol. The molecule has 1 aliphatic rings. The molecule has 2 heterocycles. The van der Waals surface area contributed by atoms with Crippen molar-refractivity contribution in [1.82, 2.24) is 4.90 Å². The Kier molecular flexibility index (Phi) is 12.0. The number of hydrogen-bond acceptors (Lipinski definition) is 7. The molecule has 3 N–H and O–H groups in total. The van der Waals surface area contributed by atoms with Crippen molar-refractivity contribution in [3.8, 4) is 0 Å². The normalized spacial score (nSPS) is 15.9. The SMILES string of the molecule is CCC(=O)N(c1ccccc1)C1(COC)CCN(CCc2cccs2)CC1.O=C(O)CC(O)C(=O)O. The third kappa shape index (κ3) is 8.70. The van der Waals surface area contributed by atoms with Crippen LogP contribution in [0.4, 0.5) is 5.69 Å². The van der Waals surface area contributed by atoms with E-state index in [-0.39, 0.29) is 11.4 Å². The summed E-state index contributed by atoms with van der Waals surface area (Å²) in [6.07, 6.45) is 0.934. The van der Waals surface area contributed by atoms with Crippen molar-refractivity contribution in [2.45, 2.75) is 50.7 Å². The molecule has 0 spiro atoms. The molecule has 1 aromatic heterocycles. The van der Waals surface area contributed by atoms with Gasteiger partial charge in [0.15, 0.2) is 6.10 Å². The molecule has 2 aromatic rings. The number of benzene rings is 1. The van der Waals surface area contributed by atoms with E-state index in [1.807, 2.05) is 53.5 Å². The van der Waals surface area contributed by atoms with Crippen molar-refractivity contribution in [2.24, 2.45) is 0 Å². The summed E-state index contributed by atoms with van der Waals surface area (Å²) < 4.78 is 5.63.